The van der Waals surface area contributed by atoms with Crippen LogP contribution in [0.15, 0.2) is 16.7 Å². The molecule has 1 nitrogen and oxygen atoms in total. The molecular weight excluding hydrogens is 132 g/mol. The van der Waals surface area contributed by atoms with Gasteiger partial charge in [0.1, 0.15) is 5.76 Å². The molecule has 1 heterocycles. The normalized spacial score (nSPS) is 10.0. The lowest BCUT2D eigenvalue weighted by atomic mass is 10.2. The van der Waals surface area contributed by atoms with Crippen molar-refractivity contribution >= 4 is 12.6 Å². The first-order valence-corrected chi connectivity index (χ1v) is 3.61. The molecule has 0 atom stereocenters. The van der Waals surface area contributed by atoms with E-state index >= 15 is 0 Å². The van der Waals surface area contributed by atoms with Gasteiger partial charge < -0.3 is 4.42 Å². The molecule has 0 saturated carbocycles. The van der Waals surface area contributed by atoms with E-state index in [1.807, 2.05) is 13.0 Å². The summed E-state index contributed by atoms with van der Waals surface area (Å²) in [5.41, 5.74) is 1.23. The Morgan fingerprint density at radius 3 is 2.89 bits per heavy atom. The van der Waals surface area contributed by atoms with E-state index in [4.69, 9.17) is 4.42 Å². The molecule has 0 aromatic carbocycles. The molecule has 0 aliphatic rings. The van der Waals surface area contributed by atoms with Crippen molar-refractivity contribution in [3.63, 3.8) is 0 Å². The summed E-state index contributed by atoms with van der Waals surface area (Å²) < 4.78 is 5.16. The van der Waals surface area contributed by atoms with Gasteiger partial charge in [-0.25, -0.2) is 0 Å². The summed E-state index contributed by atoms with van der Waals surface area (Å²) in [5, 5.41) is 0. The smallest absolute Gasteiger partial charge is 0.107 e. The molecule has 0 fully saturated rings. The van der Waals surface area contributed by atoms with Crippen LogP contribution in [0.1, 0.15) is 11.3 Å². The number of thiol groups is 1. The lowest BCUT2D eigenvalue weighted by Gasteiger charge is -1.91. The lowest BCUT2D eigenvalue weighted by Crippen LogP contribution is -1.83. The van der Waals surface area contributed by atoms with Gasteiger partial charge in [-0.3, -0.25) is 0 Å². The van der Waals surface area contributed by atoms with Crippen molar-refractivity contribution in [1.82, 2.24) is 0 Å². The Labute approximate surface area is 60.5 Å². The van der Waals surface area contributed by atoms with Gasteiger partial charge in [-0.1, -0.05) is 0 Å². The number of hydrogen-bond acceptors (Lipinski definition) is 2. The first-order valence-electron chi connectivity index (χ1n) is 2.98. The molecule has 0 amide bonds. The van der Waals surface area contributed by atoms with Crippen molar-refractivity contribution in [3.8, 4) is 0 Å². The summed E-state index contributed by atoms with van der Waals surface area (Å²) in [6.45, 7) is 2.04. The average molecular weight is 142 g/mol. The fourth-order valence-corrected chi connectivity index (χ4v) is 0.965. The summed E-state index contributed by atoms with van der Waals surface area (Å²) in [5.74, 6) is 1.92. The Bertz CT molecular complexity index is 181. The molecule has 1 aromatic heterocycles. The minimum absolute atomic E-state index is 0.856. The van der Waals surface area contributed by atoms with E-state index in [2.05, 4.69) is 12.6 Å². The van der Waals surface area contributed by atoms with Crippen LogP contribution in [0.4, 0.5) is 0 Å². The fraction of sp³-hybridized carbons (Fsp3) is 0.429. The van der Waals surface area contributed by atoms with Crippen LogP contribution >= 0.6 is 12.6 Å². The van der Waals surface area contributed by atoms with Crippen molar-refractivity contribution in [3.05, 3.63) is 23.7 Å². The van der Waals surface area contributed by atoms with E-state index in [-0.39, 0.29) is 0 Å². The molecule has 9 heavy (non-hydrogen) atoms. The van der Waals surface area contributed by atoms with E-state index in [9.17, 15) is 0 Å². The second-order valence-corrected chi connectivity index (χ2v) is 2.45. The molecule has 0 N–H and O–H groups in total. The number of rotatable bonds is 2. The quantitative estimate of drug-likeness (QED) is 0.624. The van der Waals surface area contributed by atoms with Crippen LogP contribution in [0.2, 0.25) is 0 Å². The summed E-state index contributed by atoms with van der Waals surface area (Å²) in [7, 11) is 0. The van der Waals surface area contributed by atoms with Crippen molar-refractivity contribution < 1.29 is 4.42 Å². The predicted molar refractivity (Wildman–Crippen MR) is 41.0 cm³/mol. The summed E-state index contributed by atoms with van der Waals surface area (Å²) in [6, 6.07) is 1.97. The highest BCUT2D eigenvalue weighted by Gasteiger charge is 1.97. The largest absolute Gasteiger partial charge is 0.469 e. The van der Waals surface area contributed by atoms with Gasteiger partial charge >= 0.3 is 0 Å². The monoisotopic (exact) mass is 142 g/mol. The Kier molecular flexibility index (Phi) is 2.22. The highest BCUT2D eigenvalue weighted by molar-refractivity contribution is 7.80. The second kappa shape index (κ2) is 2.97. The Morgan fingerprint density at radius 2 is 2.44 bits per heavy atom. The molecular formula is C7H10OS. The molecule has 0 aliphatic heterocycles. The Morgan fingerprint density at radius 1 is 1.67 bits per heavy atom. The summed E-state index contributed by atoms with van der Waals surface area (Å²) >= 11 is 4.09. The van der Waals surface area contributed by atoms with Crippen molar-refractivity contribution in [2.45, 2.75) is 13.3 Å². The zero-order valence-electron chi connectivity index (χ0n) is 5.42. The van der Waals surface area contributed by atoms with E-state index in [0.717, 1.165) is 17.9 Å². The van der Waals surface area contributed by atoms with Crippen LogP contribution in [0.3, 0.4) is 0 Å². The standard InChI is InChI=1S/C7H10OS/c1-6-2-4-8-7(6)3-5-9/h2,4,9H,3,5H2,1H3. The van der Waals surface area contributed by atoms with Crippen LogP contribution in [0.25, 0.3) is 0 Å². The average Bonchev–Trinajstić information content (AvgIpc) is 2.18. The molecule has 1 rings (SSSR count). The maximum Gasteiger partial charge on any atom is 0.107 e. The molecule has 0 radical (unpaired) electrons. The van der Waals surface area contributed by atoms with E-state index in [0.29, 0.717) is 0 Å². The van der Waals surface area contributed by atoms with Gasteiger partial charge in [0.15, 0.2) is 0 Å². The SMILES string of the molecule is Cc1ccoc1CCS. The highest BCUT2D eigenvalue weighted by atomic mass is 32.1. The van der Waals surface area contributed by atoms with Gasteiger partial charge in [0.05, 0.1) is 6.26 Å². The molecule has 1 aromatic rings. The maximum atomic E-state index is 5.16. The van der Waals surface area contributed by atoms with Gasteiger partial charge in [-0.2, -0.15) is 12.6 Å². The van der Waals surface area contributed by atoms with Crippen LogP contribution in [0, 0.1) is 6.92 Å². The van der Waals surface area contributed by atoms with E-state index in [1.54, 1.807) is 6.26 Å². The second-order valence-electron chi connectivity index (χ2n) is 2.00. The molecule has 0 aliphatic carbocycles. The van der Waals surface area contributed by atoms with Crippen molar-refractivity contribution in [2.75, 3.05) is 5.75 Å². The minimum atomic E-state index is 0.856. The van der Waals surface area contributed by atoms with Crippen molar-refractivity contribution in [2.24, 2.45) is 0 Å². The maximum absolute atomic E-state index is 5.16. The van der Waals surface area contributed by atoms with Gasteiger partial charge in [-0.15, -0.1) is 0 Å². The first-order chi connectivity index (χ1) is 4.34. The lowest BCUT2D eigenvalue weighted by molar-refractivity contribution is 0.514. The fourth-order valence-electron chi connectivity index (χ4n) is 0.762. The number of aryl methyl sites for hydroxylation is 2. The van der Waals surface area contributed by atoms with Gasteiger partial charge in [0, 0.05) is 6.42 Å². The summed E-state index contributed by atoms with van der Waals surface area (Å²) in [6.07, 6.45) is 2.65. The zero-order valence-corrected chi connectivity index (χ0v) is 6.32. The molecule has 0 saturated heterocycles. The third kappa shape index (κ3) is 1.52. The number of hydrogen-bond donors (Lipinski definition) is 1. The topological polar surface area (TPSA) is 13.1 Å². The molecule has 0 unspecified atom stereocenters. The summed E-state index contributed by atoms with van der Waals surface area (Å²) in [4.78, 5) is 0. The van der Waals surface area contributed by atoms with Gasteiger partial charge in [0.25, 0.3) is 0 Å². The third-order valence-electron chi connectivity index (χ3n) is 1.31. The molecule has 0 spiro atoms. The minimum Gasteiger partial charge on any atom is -0.469 e. The Hall–Kier alpha value is -0.370. The Balaban J connectivity index is 2.69. The van der Waals surface area contributed by atoms with Gasteiger partial charge in [-0.05, 0) is 24.3 Å². The van der Waals surface area contributed by atoms with Crippen LogP contribution in [-0.4, -0.2) is 5.75 Å². The van der Waals surface area contributed by atoms with Crippen LogP contribution < -0.4 is 0 Å². The predicted octanol–water partition coefficient (Wildman–Crippen LogP) is 2.06. The molecule has 2 heteroatoms. The van der Waals surface area contributed by atoms with Crippen LogP contribution in [0.5, 0.6) is 0 Å². The highest BCUT2D eigenvalue weighted by Crippen LogP contribution is 2.09. The molecule has 0 bridgehead atoms. The first kappa shape index (κ1) is 6.75. The zero-order chi connectivity index (χ0) is 6.69. The van der Waals surface area contributed by atoms with Crippen molar-refractivity contribution in [1.29, 1.82) is 0 Å². The molecule has 50 valence electrons. The van der Waals surface area contributed by atoms with Crippen LogP contribution in [-0.2, 0) is 6.42 Å². The van der Waals surface area contributed by atoms with E-state index < -0.39 is 0 Å². The third-order valence-corrected chi connectivity index (χ3v) is 1.53. The number of furan rings is 1. The van der Waals surface area contributed by atoms with Gasteiger partial charge in [0.2, 0.25) is 0 Å². The van der Waals surface area contributed by atoms with E-state index in [1.165, 1.54) is 5.56 Å².